The van der Waals surface area contributed by atoms with E-state index in [2.05, 4.69) is 38.7 Å². The predicted molar refractivity (Wildman–Crippen MR) is 52.3 cm³/mol. The lowest BCUT2D eigenvalue weighted by Crippen LogP contribution is -2.28. The van der Waals surface area contributed by atoms with Crippen molar-refractivity contribution >= 4 is 0 Å². The highest BCUT2D eigenvalue weighted by Gasteiger charge is 2.21. The van der Waals surface area contributed by atoms with Gasteiger partial charge in [0, 0.05) is 23.3 Å². The van der Waals surface area contributed by atoms with E-state index in [4.69, 9.17) is 5.73 Å². The number of hydrogen-bond acceptors (Lipinski definition) is 1. The lowest BCUT2D eigenvalue weighted by molar-refractivity contribution is 0.536. The predicted octanol–water partition coefficient (Wildman–Crippen LogP) is 1.87. The van der Waals surface area contributed by atoms with Gasteiger partial charge in [-0.2, -0.15) is 0 Å². The lowest BCUT2D eigenvalue weighted by Gasteiger charge is -2.22. The molecule has 0 fully saturated rings. The number of H-pyrrole nitrogens is 1. The van der Waals surface area contributed by atoms with Crippen molar-refractivity contribution in [1.82, 2.24) is 4.98 Å². The van der Waals surface area contributed by atoms with Crippen molar-refractivity contribution in [3.05, 3.63) is 23.0 Å². The summed E-state index contributed by atoms with van der Waals surface area (Å²) in [4.78, 5) is 3.29. The third kappa shape index (κ3) is 1.53. The molecule has 2 heteroatoms. The smallest absolute Gasteiger partial charge is 0.0156 e. The maximum atomic E-state index is 5.70. The second kappa shape index (κ2) is 2.94. The minimum absolute atomic E-state index is 0.0921. The maximum absolute atomic E-state index is 5.70. The fraction of sp³-hybridized carbons (Fsp3) is 0.600. The Morgan fingerprint density at radius 2 is 2.00 bits per heavy atom. The van der Waals surface area contributed by atoms with Gasteiger partial charge in [0.1, 0.15) is 0 Å². The minimum atomic E-state index is 0.0921. The summed E-state index contributed by atoms with van der Waals surface area (Å²) in [6.07, 6.45) is 0. The second-order valence-electron chi connectivity index (χ2n) is 4.08. The number of hydrogen-bond donors (Lipinski definition) is 2. The number of aromatic nitrogens is 1. The van der Waals surface area contributed by atoms with Crippen LogP contribution in [0.25, 0.3) is 0 Å². The average molecular weight is 166 g/mol. The first-order valence-electron chi connectivity index (χ1n) is 4.34. The van der Waals surface area contributed by atoms with Gasteiger partial charge in [0.15, 0.2) is 0 Å². The molecular weight excluding hydrogens is 148 g/mol. The Kier molecular flexibility index (Phi) is 2.29. The van der Waals surface area contributed by atoms with Gasteiger partial charge in [0.05, 0.1) is 0 Å². The van der Waals surface area contributed by atoms with Crippen molar-refractivity contribution in [2.45, 2.75) is 33.1 Å². The van der Waals surface area contributed by atoms with Crippen LogP contribution in [0.3, 0.4) is 0 Å². The number of nitrogens with one attached hydrogen (secondary N) is 1. The van der Waals surface area contributed by atoms with E-state index in [1.807, 2.05) is 0 Å². The van der Waals surface area contributed by atoms with E-state index in [0.717, 1.165) is 0 Å². The Labute approximate surface area is 74.2 Å². The SMILES string of the molecule is Cc1cc(C(C)(C)CN)c(C)[nH]1. The van der Waals surface area contributed by atoms with Crippen molar-refractivity contribution in [3.63, 3.8) is 0 Å². The normalized spacial score (nSPS) is 12.1. The zero-order valence-corrected chi connectivity index (χ0v) is 8.36. The van der Waals surface area contributed by atoms with Gasteiger partial charge in [-0.25, -0.2) is 0 Å². The van der Waals surface area contributed by atoms with Crippen LogP contribution in [0.5, 0.6) is 0 Å². The monoisotopic (exact) mass is 166 g/mol. The van der Waals surface area contributed by atoms with E-state index >= 15 is 0 Å². The molecule has 0 amide bonds. The summed E-state index contributed by atoms with van der Waals surface area (Å²) in [5.41, 5.74) is 9.58. The van der Waals surface area contributed by atoms with Crippen LogP contribution >= 0.6 is 0 Å². The molecule has 0 radical (unpaired) electrons. The molecule has 0 bridgehead atoms. The van der Waals surface area contributed by atoms with Crippen molar-refractivity contribution in [2.24, 2.45) is 5.73 Å². The van der Waals surface area contributed by atoms with Crippen LogP contribution < -0.4 is 5.73 Å². The number of aromatic amines is 1. The van der Waals surface area contributed by atoms with Crippen molar-refractivity contribution < 1.29 is 0 Å². The summed E-state index contributed by atoms with van der Waals surface area (Å²) in [6.45, 7) is 9.19. The molecule has 68 valence electrons. The van der Waals surface area contributed by atoms with Gasteiger partial charge in [0.2, 0.25) is 0 Å². The molecule has 1 aromatic heterocycles. The molecule has 0 atom stereocenters. The highest BCUT2D eigenvalue weighted by molar-refractivity contribution is 5.31. The van der Waals surface area contributed by atoms with Gasteiger partial charge in [0.25, 0.3) is 0 Å². The van der Waals surface area contributed by atoms with E-state index in [9.17, 15) is 0 Å². The zero-order valence-electron chi connectivity index (χ0n) is 8.36. The van der Waals surface area contributed by atoms with Gasteiger partial charge in [-0.3, -0.25) is 0 Å². The van der Waals surface area contributed by atoms with Crippen molar-refractivity contribution in [2.75, 3.05) is 6.54 Å². The van der Waals surface area contributed by atoms with Gasteiger partial charge < -0.3 is 10.7 Å². The van der Waals surface area contributed by atoms with Crippen LogP contribution in [-0.4, -0.2) is 11.5 Å². The van der Waals surface area contributed by atoms with E-state index < -0.39 is 0 Å². The summed E-state index contributed by atoms with van der Waals surface area (Å²) in [7, 11) is 0. The van der Waals surface area contributed by atoms with Crippen LogP contribution in [0.15, 0.2) is 6.07 Å². The molecule has 2 nitrogen and oxygen atoms in total. The molecule has 12 heavy (non-hydrogen) atoms. The Bertz CT molecular complexity index is 271. The lowest BCUT2D eigenvalue weighted by atomic mass is 9.85. The molecule has 3 N–H and O–H groups in total. The Morgan fingerprint density at radius 3 is 2.33 bits per heavy atom. The van der Waals surface area contributed by atoms with Gasteiger partial charge in [-0.15, -0.1) is 0 Å². The molecular formula is C10H18N2. The summed E-state index contributed by atoms with van der Waals surface area (Å²) >= 11 is 0. The zero-order chi connectivity index (χ0) is 9.35. The van der Waals surface area contributed by atoms with Crippen LogP contribution in [0, 0.1) is 13.8 Å². The van der Waals surface area contributed by atoms with Gasteiger partial charge >= 0.3 is 0 Å². The van der Waals surface area contributed by atoms with E-state index in [0.29, 0.717) is 6.54 Å². The topological polar surface area (TPSA) is 41.8 Å². The van der Waals surface area contributed by atoms with Gasteiger partial charge in [-0.05, 0) is 25.5 Å². The summed E-state index contributed by atoms with van der Waals surface area (Å²) in [6, 6.07) is 2.18. The molecule has 0 aliphatic rings. The van der Waals surface area contributed by atoms with Crippen LogP contribution in [0.2, 0.25) is 0 Å². The average Bonchev–Trinajstić information content (AvgIpc) is 2.31. The second-order valence-corrected chi connectivity index (χ2v) is 4.08. The van der Waals surface area contributed by atoms with Crippen LogP contribution in [0.4, 0.5) is 0 Å². The molecule has 0 saturated carbocycles. The van der Waals surface area contributed by atoms with Crippen LogP contribution in [0.1, 0.15) is 30.8 Å². The third-order valence-electron chi connectivity index (χ3n) is 2.39. The van der Waals surface area contributed by atoms with Crippen LogP contribution in [-0.2, 0) is 5.41 Å². The molecule has 1 aromatic rings. The summed E-state index contributed by atoms with van der Waals surface area (Å²) < 4.78 is 0. The first kappa shape index (κ1) is 9.33. The Hall–Kier alpha value is -0.760. The summed E-state index contributed by atoms with van der Waals surface area (Å²) in [5.74, 6) is 0. The number of aryl methyl sites for hydroxylation is 2. The number of rotatable bonds is 2. The fourth-order valence-electron chi connectivity index (χ4n) is 1.54. The molecule has 0 aliphatic heterocycles. The van der Waals surface area contributed by atoms with Gasteiger partial charge in [-0.1, -0.05) is 13.8 Å². The molecule has 0 aliphatic carbocycles. The largest absolute Gasteiger partial charge is 0.362 e. The Morgan fingerprint density at radius 1 is 1.42 bits per heavy atom. The number of nitrogens with two attached hydrogens (primary N) is 1. The molecule has 1 rings (SSSR count). The first-order valence-corrected chi connectivity index (χ1v) is 4.34. The molecule has 0 spiro atoms. The molecule has 0 unspecified atom stereocenters. The third-order valence-corrected chi connectivity index (χ3v) is 2.39. The van der Waals surface area contributed by atoms with E-state index in [1.54, 1.807) is 0 Å². The fourth-order valence-corrected chi connectivity index (χ4v) is 1.54. The highest BCUT2D eigenvalue weighted by Crippen LogP contribution is 2.25. The highest BCUT2D eigenvalue weighted by atomic mass is 14.7. The minimum Gasteiger partial charge on any atom is -0.362 e. The molecule has 0 saturated heterocycles. The Balaban J connectivity index is 3.09. The van der Waals surface area contributed by atoms with E-state index in [-0.39, 0.29) is 5.41 Å². The first-order chi connectivity index (χ1) is 5.47. The standard InChI is InChI=1S/C10H18N2/c1-7-5-9(8(2)12-7)10(3,4)6-11/h5,12H,6,11H2,1-4H3. The molecule has 1 heterocycles. The quantitative estimate of drug-likeness (QED) is 0.692. The molecule has 0 aromatic carbocycles. The summed E-state index contributed by atoms with van der Waals surface area (Å²) in [5, 5.41) is 0. The van der Waals surface area contributed by atoms with Crippen molar-refractivity contribution in [1.29, 1.82) is 0 Å². The maximum Gasteiger partial charge on any atom is 0.0156 e. The van der Waals surface area contributed by atoms with Crippen molar-refractivity contribution in [3.8, 4) is 0 Å². The van der Waals surface area contributed by atoms with E-state index in [1.165, 1.54) is 17.0 Å².